The number of amides is 1. The molecule has 0 aliphatic carbocycles. The molecule has 3 rings (SSSR count). The maximum absolute atomic E-state index is 11.2. The van der Waals surface area contributed by atoms with E-state index in [0.29, 0.717) is 0 Å². The van der Waals surface area contributed by atoms with Crippen molar-refractivity contribution >= 4 is 22.5 Å². The van der Waals surface area contributed by atoms with Crippen molar-refractivity contribution in [1.29, 1.82) is 0 Å². The first kappa shape index (κ1) is 13.3. The predicted molar refractivity (Wildman–Crippen MR) is 86.2 cm³/mol. The lowest BCUT2D eigenvalue weighted by Gasteiger charge is -2.08. The Kier molecular flexibility index (Phi) is 3.40. The molecule has 3 heteroatoms. The Morgan fingerprint density at radius 2 is 1.86 bits per heavy atom. The normalized spacial score (nSPS) is 10.6. The van der Waals surface area contributed by atoms with Crippen molar-refractivity contribution in [2.45, 2.75) is 13.8 Å². The topological polar surface area (TPSA) is 42.0 Å². The summed E-state index contributed by atoms with van der Waals surface area (Å²) in [4.78, 5) is 15.9. The summed E-state index contributed by atoms with van der Waals surface area (Å²) >= 11 is 0. The SMILES string of the molecule is CC(=O)Nc1cccc(-c2cc(C)c3ccccc3n2)c1. The third-order valence-corrected chi connectivity index (χ3v) is 3.40. The lowest BCUT2D eigenvalue weighted by molar-refractivity contribution is -0.114. The van der Waals surface area contributed by atoms with Crippen molar-refractivity contribution in [3.8, 4) is 11.3 Å². The van der Waals surface area contributed by atoms with Crippen molar-refractivity contribution in [1.82, 2.24) is 4.98 Å². The van der Waals surface area contributed by atoms with E-state index in [1.54, 1.807) is 0 Å². The fourth-order valence-corrected chi connectivity index (χ4v) is 2.46. The number of rotatable bonds is 2. The third kappa shape index (κ3) is 2.77. The Bertz CT molecular complexity index is 824. The van der Waals surface area contributed by atoms with E-state index in [0.717, 1.165) is 22.5 Å². The van der Waals surface area contributed by atoms with E-state index in [1.165, 1.54) is 17.9 Å². The van der Waals surface area contributed by atoms with E-state index in [1.807, 2.05) is 42.5 Å². The number of carbonyl (C=O) groups is 1. The highest BCUT2D eigenvalue weighted by Gasteiger charge is 2.06. The summed E-state index contributed by atoms with van der Waals surface area (Å²) in [5.41, 5.74) is 4.87. The smallest absolute Gasteiger partial charge is 0.221 e. The molecule has 1 aromatic heterocycles. The molecule has 0 saturated heterocycles. The summed E-state index contributed by atoms with van der Waals surface area (Å²) < 4.78 is 0. The summed E-state index contributed by atoms with van der Waals surface area (Å²) in [5.74, 6) is -0.0743. The van der Waals surface area contributed by atoms with Gasteiger partial charge in [-0.15, -0.1) is 0 Å². The minimum absolute atomic E-state index is 0.0743. The molecule has 2 aromatic carbocycles. The highest BCUT2D eigenvalue weighted by molar-refractivity contribution is 5.90. The minimum atomic E-state index is -0.0743. The molecule has 0 bridgehead atoms. The average molecular weight is 276 g/mol. The van der Waals surface area contributed by atoms with Gasteiger partial charge in [0, 0.05) is 23.6 Å². The molecule has 3 nitrogen and oxygen atoms in total. The molecule has 0 atom stereocenters. The number of aromatic nitrogens is 1. The van der Waals surface area contributed by atoms with Crippen molar-refractivity contribution in [2.24, 2.45) is 0 Å². The molecule has 104 valence electrons. The van der Waals surface area contributed by atoms with Gasteiger partial charge in [0.15, 0.2) is 0 Å². The molecule has 0 fully saturated rings. The van der Waals surface area contributed by atoms with Crippen LogP contribution < -0.4 is 5.32 Å². The number of fused-ring (bicyclic) bond motifs is 1. The zero-order valence-corrected chi connectivity index (χ0v) is 12.1. The number of benzene rings is 2. The highest BCUT2D eigenvalue weighted by atomic mass is 16.1. The van der Waals surface area contributed by atoms with Crippen LogP contribution in [0.5, 0.6) is 0 Å². The quantitative estimate of drug-likeness (QED) is 0.763. The first-order chi connectivity index (χ1) is 10.1. The van der Waals surface area contributed by atoms with Gasteiger partial charge in [0.05, 0.1) is 11.2 Å². The maximum Gasteiger partial charge on any atom is 0.221 e. The van der Waals surface area contributed by atoms with Crippen molar-refractivity contribution in [3.05, 3.63) is 60.2 Å². The zero-order chi connectivity index (χ0) is 14.8. The van der Waals surface area contributed by atoms with Gasteiger partial charge < -0.3 is 5.32 Å². The van der Waals surface area contributed by atoms with Crippen LogP contribution in [0.1, 0.15) is 12.5 Å². The standard InChI is InChI=1S/C18H16N2O/c1-12-10-18(20-17-9-4-3-8-16(12)17)14-6-5-7-15(11-14)19-13(2)21/h3-11H,1-2H3,(H,19,21). The van der Waals surface area contributed by atoms with Gasteiger partial charge in [-0.05, 0) is 36.8 Å². The fraction of sp³-hybridized carbons (Fsp3) is 0.111. The minimum Gasteiger partial charge on any atom is -0.326 e. The van der Waals surface area contributed by atoms with E-state index < -0.39 is 0 Å². The molecule has 0 unspecified atom stereocenters. The van der Waals surface area contributed by atoms with Crippen LogP contribution in [-0.2, 0) is 4.79 Å². The molecular weight excluding hydrogens is 260 g/mol. The fourth-order valence-electron chi connectivity index (χ4n) is 2.46. The molecule has 0 saturated carbocycles. The second-order valence-electron chi connectivity index (χ2n) is 5.10. The Labute approximate surface area is 123 Å². The number of pyridine rings is 1. The molecule has 1 amide bonds. The molecule has 0 aliphatic heterocycles. The summed E-state index contributed by atoms with van der Waals surface area (Å²) in [7, 11) is 0. The average Bonchev–Trinajstić information content (AvgIpc) is 2.47. The predicted octanol–water partition coefficient (Wildman–Crippen LogP) is 4.17. The van der Waals surface area contributed by atoms with Crippen LogP contribution in [-0.4, -0.2) is 10.9 Å². The van der Waals surface area contributed by atoms with Gasteiger partial charge in [0.2, 0.25) is 5.91 Å². The van der Waals surface area contributed by atoms with Crippen LogP contribution in [0, 0.1) is 6.92 Å². The van der Waals surface area contributed by atoms with Gasteiger partial charge >= 0.3 is 0 Å². The largest absolute Gasteiger partial charge is 0.326 e. The van der Waals surface area contributed by atoms with Crippen LogP contribution in [0.25, 0.3) is 22.2 Å². The van der Waals surface area contributed by atoms with Crippen molar-refractivity contribution < 1.29 is 4.79 Å². The van der Waals surface area contributed by atoms with Gasteiger partial charge in [-0.3, -0.25) is 4.79 Å². The Balaban J connectivity index is 2.10. The van der Waals surface area contributed by atoms with Crippen LogP contribution in [0.15, 0.2) is 54.6 Å². The summed E-state index contributed by atoms with van der Waals surface area (Å²) in [6.07, 6.45) is 0. The maximum atomic E-state index is 11.2. The van der Waals surface area contributed by atoms with Crippen molar-refractivity contribution in [2.75, 3.05) is 5.32 Å². The first-order valence-electron chi connectivity index (χ1n) is 6.88. The highest BCUT2D eigenvalue weighted by Crippen LogP contribution is 2.26. The number of nitrogens with zero attached hydrogens (tertiary/aromatic N) is 1. The van der Waals surface area contributed by atoms with Gasteiger partial charge in [-0.25, -0.2) is 4.98 Å². The lowest BCUT2D eigenvalue weighted by atomic mass is 10.0. The van der Waals surface area contributed by atoms with Crippen LogP contribution in [0.4, 0.5) is 5.69 Å². The number of para-hydroxylation sites is 1. The number of carbonyl (C=O) groups excluding carboxylic acids is 1. The van der Waals surface area contributed by atoms with E-state index >= 15 is 0 Å². The Morgan fingerprint density at radius 3 is 2.67 bits per heavy atom. The molecule has 21 heavy (non-hydrogen) atoms. The lowest BCUT2D eigenvalue weighted by Crippen LogP contribution is -2.05. The number of anilines is 1. The Hall–Kier alpha value is -2.68. The molecular formula is C18H16N2O. The second-order valence-corrected chi connectivity index (χ2v) is 5.10. The van der Waals surface area contributed by atoms with Gasteiger partial charge in [-0.2, -0.15) is 0 Å². The third-order valence-electron chi connectivity index (χ3n) is 3.40. The molecule has 0 spiro atoms. The number of nitrogens with one attached hydrogen (secondary N) is 1. The van der Waals surface area contributed by atoms with Crippen LogP contribution >= 0.6 is 0 Å². The van der Waals surface area contributed by atoms with E-state index in [-0.39, 0.29) is 5.91 Å². The molecule has 1 heterocycles. The number of hydrogen-bond acceptors (Lipinski definition) is 2. The molecule has 3 aromatic rings. The van der Waals surface area contributed by atoms with Gasteiger partial charge in [-0.1, -0.05) is 30.3 Å². The van der Waals surface area contributed by atoms with Gasteiger partial charge in [0.25, 0.3) is 0 Å². The van der Waals surface area contributed by atoms with E-state index in [4.69, 9.17) is 4.98 Å². The molecule has 0 radical (unpaired) electrons. The summed E-state index contributed by atoms with van der Waals surface area (Å²) in [6, 6.07) is 17.9. The van der Waals surface area contributed by atoms with E-state index in [9.17, 15) is 4.79 Å². The summed E-state index contributed by atoms with van der Waals surface area (Å²) in [6.45, 7) is 3.59. The van der Waals surface area contributed by atoms with Gasteiger partial charge in [0.1, 0.15) is 0 Å². The monoisotopic (exact) mass is 276 g/mol. The second kappa shape index (κ2) is 5.37. The summed E-state index contributed by atoms with van der Waals surface area (Å²) in [5, 5.41) is 3.97. The Morgan fingerprint density at radius 1 is 1.05 bits per heavy atom. The van der Waals surface area contributed by atoms with Crippen LogP contribution in [0.2, 0.25) is 0 Å². The number of hydrogen-bond donors (Lipinski definition) is 1. The molecule has 0 aliphatic rings. The zero-order valence-electron chi connectivity index (χ0n) is 12.1. The number of aryl methyl sites for hydroxylation is 1. The van der Waals surface area contributed by atoms with Crippen LogP contribution in [0.3, 0.4) is 0 Å². The van der Waals surface area contributed by atoms with E-state index in [2.05, 4.69) is 24.4 Å². The van der Waals surface area contributed by atoms with Crippen molar-refractivity contribution in [3.63, 3.8) is 0 Å². The first-order valence-corrected chi connectivity index (χ1v) is 6.88. The molecule has 1 N–H and O–H groups in total.